The van der Waals surface area contributed by atoms with Crippen molar-refractivity contribution >= 4 is 0 Å². The Hall–Kier alpha value is -1.10. The first-order chi connectivity index (χ1) is 9.98. The van der Waals surface area contributed by atoms with Crippen LogP contribution in [0.5, 0.6) is 5.75 Å². The van der Waals surface area contributed by atoms with Gasteiger partial charge in [-0.05, 0) is 45.4 Å². The molecule has 0 aliphatic carbocycles. The summed E-state index contributed by atoms with van der Waals surface area (Å²) in [5.74, 6) is 0.948. The highest BCUT2D eigenvalue weighted by Gasteiger charge is 2.30. The molecule has 0 saturated heterocycles. The smallest absolute Gasteiger partial charge is 0.122 e. The maximum Gasteiger partial charge on any atom is 0.122 e. The van der Waals surface area contributed by atoms with Crippen LogP contribution in [0.3, 0.4) is 0 Å². The van der Waals surface area contributed by atoms with Crippen LogP contribution >= 0.6 is 0 Å². The zero-order valence-electron chi connectivity index (χ0n) is 14.1. The number of nitrogens with zero attached hydrogens (tertiary/aromatic N) is 1. The van der Waals surface area contributed by atoms with Crippen molar-refractivity contribution < 1.29 is 9.47 Å². The Morgan fingerprint density at radius 3 is 2.52 bits per heavy atom. The molecule has 0 aromatic heterocycles. The largest absolute Gasteiger partial charge is 0.496 e. The van der Waals surface area contributed by atoms with E-state index in [2.05, 4.69) is 37.9 Å². The van der Waals surface area contributed by atoms with E-state index in [1.807, 2.05) is 12.1 Å². The molecule has 0 fully saturated rings. The Labute approximate surface area is 129 Å². The number of ether oxygens (including phenoxy) is 2. The highest BCUT2D eigenvalue weighted by molar-refractivity contribution is 5.33. The molecule has 0 saturated carbocycles. The summed E-state index contributed by atoms with van der Waals surface area (Å²) in [6, 6.07) is 8.55. The zero-order chi connectivity index (χ0) is 15.9. The Balaban J connectivity index is 2.79. The average molecular weight is 294 g/mol. The first-order valence-electron chi connectivity index (χ1n) is 7.52. The van der Waals surface area contributed by atoms with Gasteiger partial charge in [0.2, 0.25) is 0 Å². The summed E-state index contributed by atoms with van der Waals surface area (Å²) in [6.07, 6.45) is 1.86. The van der Waals surface area contributed by atoms with E-state index in [4.69, 9.17) is 15.2 Å². The molecule has 0 heterocycles. The topological polar surface area (TPSA) is 47.7 Å². The predicted octanol–water partition coefficient (Wildman–Crippen LogP) is 2.31. The van der Waals surface area contributed by atoms with E-state index in [0.29, 0.717) is 12.6 Å². The number of nitrogens with two attached hydrogens (primary N) is 1. The summed E-state index contributed by atoms with van der Waals surface area (Å²) in [6.45, 7) is 5.76. The minimum absolute atomic E-state index is 0.0581. The molecule has 0 aliphatic rings. The van der Waals surface area contributed by atoms with Gasteiger partial charge in [-0.1, -0.05) is 18.2 Å². The van der Waals surface area contributed by atoms with Crippen molar-refractivity contribution in [1.29, 1.82) is 0 Å². The van der Waals surface area contributed by atoms with Gasteiger partial charge in [-0.3, -0.25) is 4.90 Å². The lowest BCUT2D eigenvalue weighted by molar-refractivity contribution is 0.0618. The van der Waals surface area contributed by atoms with Gasteiger partial charge in [-0.25, -0.2) is 0 Å². The second-order valence-corrected chi connectivity index (χ2v) is 5.92. The molecule has 21 heavy (non-hydrogen) atoms. The number of rotatable bonds is 9. The Morgan fingerprint density at radius 2 is 1.95 bits per heavy atom. The normalized spacial score (nSPS) is 15.8. The first kappa shape index (κ1) is 18.0. The molecule has 1 aromatic rings. The van der Waals surface area contributed by atoms with Crippen LogP contribution in [0.15, 0.2) is 24.3 Å². The van der Waals surface area contributed by atoms with Gasteiger partial charge in [0.05, 0.1) is 7.11 Å². The lowest BCUT2D eigenvalue weighted by Gasteiger charge is -2.42. The second-order valence-electron chi connectivity index (χ2n) is 5.92. The van der Waals surface area contributed by atoms with Crippen molar-refractivity contribution in [2.75, 3.05) is 34.4 Å². The van der Waals surface area contributed by atoms with E-state index in [0.717, 1.165) is 25.2 Å². The molecule has 0 spiro atoms. The lowest BCUT2D eigenvalue weighted by atomic mass is 9.93. The number of hydrogen-bond acceptors (Lipinski definition) is 4. The van der Waals surface area contributed by atoms with Crippen LogP contribution in [0.1, 0.15) is 25.8 Å². The van der Waals surface area contributed by atoms with E-state index >= 15 is 0 Å². The van der Waals surface area contributed by atoms with Crippen LogP contribution in [-0.2, 0) is 11.2 Å². The molecule has 0 radical (unpaired) electrons. The number of para-hydroxylation sites is 1. The second kappa shape index (κ2) is 8.37. The summed E-state index contributed by atoms with van der Waals surface area (Å²) in [5.41, 5.74) is 7.18. The van der Waals surface area contributed by atoms with Crippen LogP contribution < -0.4 is 10.5 Å². The molecule has 4 nitrogen and oxygen atoms in total. The Morgan fingerprint density at radius 1 is 1.29 bits per heavy atom. The third-order valence-corrected chi connectivity index (χ3v) is 4.51. The molecule has 2 N–H and O–H groups in total. The molecular weight excluding hydrogens is 264 g/mol. The van der Waals surface area contributed by atoms with Gasteiger partial charge in [0.15, 0.2) is 0 Å². The predicted molar refractivity (Wildman–Crippen MR) is 87.9 cm³/mol. The van der Waals surface area contributed by atoms with Crippen LogP contribution in [0.4, 0.5) is 0 Å². The van der Waals surface area contributed by atoms with Gasteiger partial charge < -0.3 is 15.2 Å². The van der Waals surface area contributed by atoms with Gasteiger partial charge >= 0.3 is 0 Å². The Kier molecular flexibility index (Phi) is 7.15. The molecule has 1 aromatic carbocycles. The molecule has 4 heteroatoms. The molecule has 0 bridgehead atoms. The van der Waals surface area contributed by atoms with Gasteiger partial charge in [-0.2, -0.15) is 0 Å². The highest BCUT2D eigenvalue weighted by atomic mass is 16.5. The van der Waals surface area contributed by atoms with Crippen molar-refractivity contribution in [1.82, 2.24) is 4.90 Å². The van der Waals surface area contributed by atoms with Gasteiger partial charge in [0.25, 0.3) is 0 Å². The minimum Gasteiger partial charge on any atom is -0.496 e. The van der Waals surface area contributed by atoms with Crippen molar-refractivity contribution in [3.63, 3.8) is 0 Å². The van der Waals surface area contributed by atoms with Crippen LogP contribution in [0, 0.1) is 0 Å². The molecule has 0 amide bonds. The van der Waals surface area contributed by atoms with E-state index in [9.17, 15) is 0 Å². The van der Waals surface area contributed by atoms with Crippen LogP contribution in [-0.4, -0.2) is 50.9 Å². The third kappa shape index (κ3) is 4.70. The summed E-state index contributed by atoms with van der Waals surface area (Å²) in [4.78, 5) is 2.36. The Bertz CT molecular complexity index is 425. The number of hydrogen-bond donors (Lipinski definition) is 1. The standard InChI is InChI=1S/C17H30N2O2/c1-14(12-15-8-6-7-9-16(15)21-5)19(3)17(2,13-18)10-11-20-4/h6-9,14H,10-13,18H2,1-5H3. The van der Waals surface area contributed by atoms with Gasteiger partial charge in [0, 0.05) is 31.8 Å². The average Bonchev–Trinajstić information content (AvgIpc) is 2.52. The maximum atomic E-state index is 6.01. The molecule has 120 valence electrons. The molecule has 1 rings (SSSR count). The van der Waals surface area contributed by atoms with Crippen molar-refractivity contribution in [3.05, 3.63) is 29.8 Å². The highest BCUT2D eigenvalue weighted by Crippen LogP contribution is 2.24. The molecule has 2 atom stereocenters. The first-order valence-corrected chi connectivity index (χ1v) is 7.52. The fourth-order valence-corrected chi connectivity index (χ4v) is 2.60. The monoisotopic (exact) mass is 294 g/mol. The lowest BCUT2D eigenvalue weighted by Crippen LogP contribution is -2.54. The number of likely N-dealkylation sites (N-methyl/N-ethyl adjacent to an activating group) is 1. The van der Waals surface area contributed by atoms with E-state index in [-0.39, 0.29) is 5.54 Å². The maximum absolute atomic E-state index is 6.01. The zero-order valence-corrected chi connectivity index (χ0v) is 14.1. The van der Waals surface area contributed by atoms with Crippen molar-refractivity contribution in [2.24, 2.45) is 5.73 Å². The van der Waals surface area contributed by atoms with Crippen molar-refractivity contribution in [3.8, 4) is 5.75 Å². The van der Waals surface area contributed by atoms with E-state index in [1.54, 1.807) is 14.2 Å². The summed E-state index contributed by atoms with van der Waals surface area (Å²) < 4.78 is 10.7. The molecule has 2 unspecified atom stereocenters. The van der Waals surface area contributed by atoms with Gasteiger partial charge in [0.1, 0.15) is 5.75 Å². The quantitative estimate of drug-likeness (QED) is 0.759. The summed E-state index contributed by atoms with van der Waals surface area (Å²) >= 11 is 0. The number of benzene rings is 1. The number of methoxy groups -OCH3 is 2. The van der Waals surface area contributed by atoms with E-state index in [1.165, 1.54) is 5.56 Å². The van der Waals surface area contributed by atoms with Crippen LogP contribution in [0.2, 0.25) is 0 Å². The summed E-state index contributed by atoms with van der Waals surface area (Å²) in [5, 5.41) is 0. The molecule has 0 aliphatic heterocycles. The van der Waals surface area contributed by atoms with Crippen molar-refractivity contribution in [2.45, 2.75) is 38.3 Å². The van der Waals surface area contributed by atoms with Gasteiger partial charge in [-0.15, -0.1) is 0 Å². The third-order valence-electron chi connectivity index (χ3n) is 4.51. The minimum atomic E-state index is -0.0581. The summed E-state index contributed by atoms with van der Waals surface area (Å²) in [7, 11) is 5.59. The van der Waals surface area contributed by atoms with Crippen LogP contribution in [0.25, 0.3) is 0 Å². The fraction of sp³-hybridized carbons (Fsp3) is 0.647. The van der Waals surface area contributed by atoms with E-state index < -0.39 is 0 Å². The fourth-order valence-electron chi connectivity index (χ4n) is 2.60. The SMILES string of the molecule is COCCC(C)(CN)N(C)C(C)Cc1ccccc1OC. The molecular formula is C17H30N2O2.